The summed E-state index contributed by atoms with van der Waals surface area (Å²) in [5.41, 5.74) is 3.82. The predicted octanol–water partition coefficient (Wildman–Crippen LogP) is 2.65. The van der Waals surface area contributed by atoms with Crippen LogP contribution in [0.4, 0.5) is 0 Å². The molecule has 0 heterocycles. The second kappa shape index (κ2) is 7.24. The highest BCUT2D eigenvalue weighted by atomic mass is 79.9. The Morgan fingerprint density at radius 2 is 2.05 bits per heavy atom. The molecule has 3 N–H and O–H groups in total. The van der Waals surface area contributed by atoms with Gasteiger partial charge >= 0.3 is 0 Å². The molecule has 0 aliphatic rings. The minimum atomic E-state index is -0.206. The van der Waals surface area contributed by atoms with E-state index in [1.54, 1.807) is 14.2 Å². The first-order chi connectivity index (χ1) is 8.91. The summed E-state index contributed by atoms with van der Waals surface area (Å²) < 4.78 is 11.8. The number of nitrogens with two attached hydrogens (primary N) is 1. The molecule has 1 aromatic rings. The smallest absolute Gasteiger partial charge is 0.119 e. The van der Waals surface area contributed by atoms with Gasteiger partial charge in [-0.15, -0.1) is 0 Å². The number of ether oxygens (including phenoxy) is 2. The summed E-state index contributed by atoms with van der Waals surface area (Å²) in [6, 6.07) is 6.08. The van der Waals surface area contributed by atoms with E-state index >= 15 is 0 Å². The van der Waals surface area contributed by atoms with Crippen LogP contribution in [0.3, 0.4) is 0 Å². The fourth-order valence-electron chi connectivity index (χ4n) is 1.97. The molecule has 0 spiro atoms. The molecular weight excluding hydrogens is 308 g/mol. The second-order valence-electron chi connectivity index (χ2n) is 5.19. The van der Waals surface area contributed by atoms with Crippen molar-refractivity contribution in [2.45, 2.75) is 38.3 Å². The van der Waals surface area contributed by atoms with Crippen LogP contribution in [0.25, 0.3) is 0 Å². The van der Waals surface area contributed by atoms with E-state index in [1.807, 2.05) is 18.2 Å². The standard InChI is InChI=1S/C14H23BrN2O2/c1-14(2,19-4)9-11(17-16)7-10-8-12(18-3)5-6-13(10)15/h5-6,8,11,17H,7,9,16H2,1-4H3. The van der Waals surface area contributed by atoms with Gasteiger partial charge in [0.15, 0.2) is 0 Å². The van der Waals surface area contributed by atoms with Gasteiger partial charge in [0, 0.05) is 17.6 Å². The third-order valence-electron chi connectivity index (χ3n) is 3.25. The van der Waals surface area contributed by atoms with E-state index in [0.29, 0.717) is 0 Å². The number of methoxy groups -OCH3 is 2. The van der Waals surface area contributed by atoms with E-state index in [-0.39, 0.29) is 11.6 Å². The molecule has 0 aliphatic carbocycles. The summed E-state index contributed by atoms with van der Waals surface area (Å²) in [4.78, 5) is 0. The zero-order valence-electron chi connectivity index (χ0n) is 12.0. The first kappa shape index (κ1) is 16.4. The summed E-state index contributed by atoms with van der Waals surface area (Å²) in [5.74, 6) is 6.50. The maximum absolute atomic E-state index is 5.65. The minimum absolute atomic E-state index is 0.137. The fraction of sp³-hybridized carbons (Fsp3) is 0.571. The molecular formula is C14H23BrN2O2. The molecule has 1 atom stereocenters. The van der Waals surface area contributed by atoms with Crippen LogP contribution >= 0.6 is 15.9 Å². The normalized spacial score (nSPS) is 13.4. The lowest BCUT2D eigenvalue weighted by Crippen LogP contribution is -2.42. The van der Waals surface area contributed by atoms with Crippen molar-refractivity contribution in [2.75, 3.05) is 14.2 Å². The molecule has 0 aromatic heterocycles. The van der Waals surface area contributed by atoms with Crippen LogP contribution in [-0.4, -0.2) is 25.9 Å². The van der Waals surface area contributed by atoms with Crippen LogP contribution in [0.15, 0.2) is 22.7 Å². The number of rotatable bonds is 7. The van der Waals surface area contributed by atoms with Crippen LogP contribution in [0, 0.1) is 0 Å². The zero-order valence-corrected chi connectivity index (χ0v) is 13.6. The van der Waals surface area contributed by atoms with Crippen molar-refractivity contribution >= 4 is 15.9 Å². The van der Waals surface area contributed by atoms with Gasteiger partial charge in [-0.3, -0.25) is 11.3 Å². The molecule has 5 heteroatoms. The monoisotopic (exact) mass is 330 g/mol. The molecule has 0 fully saturated rings. The number of nitrogens with one attached hydrogen (secondary N) is 1. The van der Waals surface area contributed by atoms with Gasteiger partial charge in [-0.2, -0.15) is 0 Å². The Kier molecular flexibility index (Phi) is 6.26. The summed E-state index contributed by atoms with van der Waals surface area (Å²) in [5, 5.41) is 0. The first-order valence-electron chi connectivity index (χ1n) is 6.25. The van der Waals surface area contributed by atoms with Crippen molar-refractivity contribution in [1.29, 1.82) is 0 Å². The minimum Gasteiger partial charge on any atom is -0.497 e. The lowest BCUT2D eigenvalue weighted by atomic mass is 9.94. The van der Waals surface area contributed by atoms with Crippen LogP contribution < -0.4 is 16.0 Å². The van der Waals surface area contributed by atoms with E-state index < -0.39 is 0 Å². The maximum atomic E-state index is 5.65. The maximum Gasteiger partial charge on any atom is 0.119 e. The fourth-order valence-corrected chi connectivity index (χ4v) is 2.38. The molecule has 19 heavy (non-hydrogen) atoms. The molecule has 0 amide bonds. The Balaban J connectivity index is 2.80. The van der Waals surface area contributed by atoms with E-state index in [2.05, 4.69) is 35.2 Å². The van der Waals surface area contributed by atoms with E-state index in [4.69, 9.17) is 15.3 Å². The number of halogens is 1. The van der Waals surface area contributed by atoms with E-state index in [1.165, 1.54) is 0 Å². The molecule has 1 unspecified atom stereocenters. The first-order valence-corrected chi connectivity index (χ1v) is 7.05. The largest absolute Gasteiger partial charge is 0.497 e. The molecule has 4 nitrogen and oxygen atoms in total. The van der Waals surface area contributed by atoms with E-state index in [0.717, 1.165) is 28.6 Å². The van der Waals surface area contributed by atoms with Crippen molar-refractivity contribution in [2.24, 2.45) is 5.84 Å². The lowest BCUT2D eigenvalue weighted by Gasteiger charge is -2.28. The van der Waals surface area contributed by atoms with Gasteiger partial charge < -0.3 is 9.47 Å². The summed E-state index contributed by atoms with van der Waals surface area (Å²) in [6.45, 7) is 4.11. The number of hydrogen-bond acceptors (Lipinski definition) is 4. The van der Waals surface area contributed by atoms with Gasteiger partial charge in [0.1, 0.15) is 5.75 Å². The van der Waals surface area contributed by atoms with Crippen molar-refractivity contribution in [1.82, 2.24) is 5.43 Å². The predicted molar refractivity (Wildman–Crippen MR) is 81.2 cm³/mol. The topological polar surface area (TPSA) is 56.5 Å². The summed E-state index contributed by atoms with van der Waals surface area (Å²) in [7, 11) is 3.38. The van der Waals surface area contributed by atoms with Gasteiger partial charge in [0.2, 0.25) is 0 Å². The third kappa shape index (κ3) is 5.10. The molecule has 0 aliphatic heterocycles. The van der Waals surface area contributed by atoms with Gasteiger partial charge in [-0.05, 0) is 50.5 Å². The molecule has 108 valence electrons. The Morgan fingerprint density at radius 1 is 1.37 bits per heavy atom. The van der Waals surface area contributed by atoms with Crippen molar-refractivity contribution in [3.05, 3.63) is 28.2 Å². The quantitative estimate of drug-likeness (QED) is 0.596. The van der Waals surface area contributed by atoms with Crippen LogP contribution in [0.1, 0.15) is 25.8 Å². The summed E-state index contributed by atoms with van der Waals surface area (Å²) >= 11 is 3.56. The highest BCUT2D eigenvalue weighted by Crippen LogP contribution is 2.25. The Bertz CT molecular complexity index is 410. The SMILES string of the molecule is COc1ccc(Br)c(CC(CC(C)(C)OC)NN)c1. The number of benzene rings is 1. The Morgan fingerprint density at radius 3 is 2.58 bits per heavy atom. The van der Waals surface area contributed by atoms with Crippen molar-refractivity contribution in [3.63, 3.8) is 0 Å². The second-order valence-corrected chi connectivity index (χ2v) is 6.05. The Labute approximate surface area is 123 Å². The van der Waals surface area contributed by atoms with Crippen LogP contribution in [-0.2, 0) is 11.2 Å². The average Bonchev–Trinajstić information content (AvgIpc) is 2.40. The average molecular weight is 331 g/mol. The van der Waals surface area contributed by atoms with Crippen LogP contribution in [0.2, 0.25) is 0 Å². The number of hydrazine groups is 1. The van der Waals surface area contributed by atoms with Gasteiger partial charge in [-0.25, -0.2) is 0 Å². The molecule has 0 saturated heterocycles. The molecule has 0 saturated carbocycles. The van der Waals surface area contributed by atoms with Gasteiger partial charge in [-0.1, -0.05) is 15.9 Å². The third-order valence-corrected chi connectivity index (χ3v) is 4.02. The lowest BCUT2D eigenvalue weighted by molar-refractivity contribution is 0.00709. The highest BCUT2D eigenvalue weighted by Gasteiger charge is 2.23. The zero-order chi connectivity index (χ0) is 14.5. The van der Waals surface area contributed by atoms with Gasteiger partial charge in [0.05, 0.1) is 12.7 Å². The summed E-state index contributed by atoms with van der Waals surface area (Å²) in [6.07, 6.45) is 1.63. The van der Waals surface area contributed by atoms with Crippen molar-refractivity contribution < 1.29 is 9.47 Å². The molecule has 0 radical (unpaired) electrons. The van der Waals surface area contributed by atoms with Crippen LogP contribution in [0.5, 0.6) is 5.75 Å². The van der Waals surface area contributed by atoms with Crippen molar-refractivity contribution in [3.8, 4) is 5.75 Å². The molecule has 1 rings (SSSR count). The molecule has 1 aromatic carbocycles. The highest BCUT2D eigenvalue weighted by molar-refractivity contribution is 9.10. The van der Waals surface area contributed by atoms with Gasteiger partial charge in [0.25, 0.3) is 0 Å². The Hall–Kier alpha value is -0.620. The number of hydrogen-bond donors (Lipinski definition) is 2. The molecule has 0 bridgehead atoms. The van der Waals surface area contributed by atoms with E-state index in [9.17, 15) is 0 Å².